The normalized spacial score (nSPS) is 18.9. The van der Waals surface area contributed by atoms with E-state index < -0.39 is 0 Å². The van der Waals surface area contributed by atoms with E-state index in [0.29, 0.717) is 5.92 Å². The highest BCUT2D eigenvalue weighted by molar-refractivity contribution is 6.30. The van der Waals surface area contributed by atoms with Crippen LogP contribution in [0.2, 0.25) is 5.02 Å². The van der Waals surface area contributed by atoms with Crippen molar-refractivity contribution in [1.29, 1.82) is 0 Å². The third kappa shape index (κ3) is 2.03. The Kier molecular flexibility index (Phi) is 2.76. The SMILES string of the molecule is CN1CCC(c2nnc3ccc(Cl)cn23)CC1. The molecule has 5 heteroatoms. The molecule has 0 aromatic carbocycles. The Morgan fingerprint density at radius 3 is 2.76 bits per heavy atom. The molecule has 0 bridgehead atoms. The van der Waals surface area contributed by atoms with Crippen LogP contribution in [0.5, 0.6) is 0 Å². The first-order chi connectivity index (χ1) is 8.24. The van der Waals surface area contributed by atoms with Crippen molar-refractivity contribution < 1.29 is 0 Å². The highest BCUT2D eigenvalue weighted by Crippen LogP contribution is 2.26. The number of pyridine rings is 1. The van der Waals surface area contributed by atoms with E-state index in [1.165, 1.54) is 0 Å². The zero-order valence-corrected chi connectivity index (χ0v) is 10.6. The predicted octanol–water partition coefficient (Wildman–Crippen LogP) is 2.19. The van der Waals surface area contributed by atoms with Gasteiger partial charge in [0.05, 0.1) is 5.02 Å². The van der Waals surface area contributed by atoms with Gasteiger partial charge in [0, 0.05) is 12.1 Å². The minimum absolute atomic E-state index is 0.500. The molecule has 90 valence electrons. The lowest BCUT2D eigenvalue weighted by atomic mass is 9.96. The number of hydrogen-bond acceptors (Lipinski definition) is 3. The van der Waals surface area contributed by atoms with Gasteiger partial charge in [-0.1, -0.05) is 11.6 Å². The number of likely N-dealkylation sites (tertiary alicyclic amines) is 1. The first kappa shape index (κ1) is 11.0. The van der Waals surface area contributed by atoms with Crippen LogP contribution in [0.15, 0.2) is 18.3 Å². The Balaban J connectivity index is 1.97. The van der Waals surface area contributed by atoms with E-state index in [2.05, 4.69) is 22.1 Å². The molecular weight excluding hydrogens is 236 g/mol. The van der Waals surface area contributed by atoms with Crippen LogP contribution in [0, 0.1) is 0 Å². The molecule has 1 saturated heterocycles. The van der Waals surface area contributed by atoms with Gasteiger partial charge in [-0.3, -0.25) is 4.40 Å². The van der Waals surface area contributed by atoms with Gasteiger partial charge in [0.2, 0.25) is 0 Å². The van der Waals surface area contributed by atoms with E-state index in [9.17, 15) is 0 Å². The van der Waals surface area contributed by atoms with Gasteiger partial charge < -0.3 is 4.90 Å². The second-order valence-corrected chi connectivity index (χ2v) is 5.15. The summed E-state index contributed by atoms with van der Waals surface area (Å²) in [5.74, 6) is 1.55. The highest BCUT2D eigenvalue weighted by Gasteiger charge is 2.22. The maximum Gasteiger partial charge on any atom is 0.160 e. The van der Waals surface area contributed by atoms with Crippen molar-refractivity contribution in [2.24, 2.45) is 0 Å². The average Bonchev–Trinajstić information content (AvgIpc) is 2.73. The summed E-state index contributed by atoms with van der Waals surface area (Å²) < 4.78 is 2.03. The molecule has 2 aromatic heterocycles. The summed E-state index contributed by atoms with van der Waals surface area (Å²) in [7, 11) is 2.16. The predicted molar refractivity (Wildman–Crippen MR) is 67.5 cm³/mol. The minimum Gasteiger partial charge on any atom is -0.306 e. The molecule has 3 rings (SSSR count). The van der Waals surface area contributed by atoms with E-state index >= 15 is 0 Å². The maximum atomic E-state index is 6.03. The quantitative estimate of drug-likeness (QED) is 0.778. The molecule has 0 saturated carbocycles. The van der Waals surface area contributed by atoms with E-state index in [0.717, 1.165) is 42.4 Å². The van der Waals surface area contributed by atoms with Gasteiger partial charge in [-0.05, 0) is 45.1 Å². The summed E-state index contributed by atoms with van der Waals surface area (Å²) in [4.78, 5) is 2.35. The molecule has 2 aromatic rings. The number of halogens is 1. The fourth-order valence-electron chi connectivity index (χ4n) is 2.43. The van der Waals surface area contributed by atoms with E-state index in [1.807, 2.05) is 22.7 Å². The number of rotatable bonds is 1. The summed E-state index contributed by atoms with van der Waals surface area (Å²) in [6.07, 6.45) is 4.19. The lowest BCUT2D eigenvalue weighted by Gasteiger charge is -2.27. The lowest BCUT2D eigenvalue weighted by Crippen LogP contribution is -2.29. The second kappa shape index (κ2) is 4.27. The van der Waals surface area contributed by atoms with Crippen LogP contribution >= 0.6 is 11.6 Å². The second-order valence-electron chi connectivity index (χ2n) is 4.71. The third-order valence-corrected chi connectivity index (χ3v) is 3.70. The van der Waals surface area contributed by atoms with Gasteiger partial charge in [-0.15, -0.1) is 10.2 Å². The Hall–Kier alpha value is -1.13. The van der Waals surface area contributed by atoms with Crippen molar-refractivity contribution in [1.82, 2.24) is 19.5 Å². The average molecular weight is 251 g/mol. The molecule has 1 aliphatic rings. The molecule has 0 aliphatic carbocycles. The molecule has 3 heterocycles. The van der Waals surface area contributed by atoms with Gasteiger partial charge >= 0.3 is 0 Å². The Bertz CT molecular complexity index is 528. The van der Waals surface area contributed by atoms with E-state index in [1.54, 1.807) is 0 Å². The summed E-state index contributed by atoms with van der Waals surface area (Å²) in [5.41, 5.74) is 0.878. The summed E-state index contributed by atoms with van der Waals surface area (Å²) >= 11 is 6.03. The van der Waals surface area contributed by atoms with Crippen LogP contribution in [0.1, 0.15) is 24.6 Å². The molecule has 4 nitrogen and oxygen atoms in total. The minimum atomic E-state index is 0.500. The van der Waals surface area contributed by atoms with Crippen molar-refractivity contribution in [3.63, 3.8) is 0 Å². The maximum absolute atomic E-state index is 6.03. The zero-order valence-electron chi connectivity index (χ0n) is 9.80. The largest absolute Gasteiger partial charge is 0.306 e. The van der Waals surface area contributed by atoms with Crippen LogP contribution in [-0.4, -0.2) is 39.6 Å². The van der Waals surface area contributed by atoms with Gasteiger partial charge in [-0.25, -0.2) is 0 Å². The summed E-state index contributed by atoms with van der Waals surface area (Å²) in [5, 5.41) is 9.24. The number of piperidine rings is 1. The summed E-state index contributed by atoms with van der Waals surface area (Å²) in [6, 6.07) is 3.76. The molecule has 0 unspecified atom stereocenters. The van der Waals surface area contributed by atoms with E-state index in [4.69, 9.17) is 11.6 Å². The number of aromatic nitrogens is 3. The van der Waals surface area contributed by atoms with Crippen LogP contribution in [0.4, 0.5) is 0 Å². The fourth-order valence-corrected chi connectivity index (χ4v) is 2.59. The molecule has 17 heavy (non-hydrogen) atoms. The number of fused-ring (bicyclic) bond motifs is 1. The monoisotopic (exact) mass is 250 g/mol. The fraction of sp³-hybridized carbons (Fsp3) is 0.500. The Labute approximate surface area is 105 Å². The van der Waals surface area contributed by atoms with Crippen molar-refractivity contribution in [2.45, 2.75) is 18.8 Å². The topological polar surface area (TPSA) is 33.4 Å². The van der Waals surface area contributed by atoms with Crippen LogP contribution in [0.3, 0.4) is 0 Å². The van der Waals surface area contributed by atoms with Crippen LogP contribution in [0.25, 0.3) is 5.65 Å². The lowest BCUT2D eigenvalue weighted by molar-refractivity contribution is 0.250. The van der Waals surface area contributed by atoms with Gasteiger partial charge in [-0.2, -0.15) is 0 Å². The molecule has 1 aliphatic heterocycles. The number of hydrogen-bond donors (Lipinski definition) is 0. The van der Waals surface area contributed by atoms with Crippen LogP contribution in [-0.2, 0) is 0 Å². The molecule has 0 N–H and O–H groups in total. The van der Waals surface area contributed by atoms with Gasteiger partial charge in [0.15, 0.2) is 5.65 Å². The van der Waals surface area contributed by atoms with Crippen molar-refractivity contribution in [3.05, 3.63) is 29.2 Å². The highest BCUT2D eigenvalue weighted by atomic mass is 35.5. The third-order valence-electron chi connectivity index (χ3n) is 3.48. The summed E-state index contributed by atoms with van der Waals surface area (Å²) in [6.45, 7) is 2.25. The Morgan fingerprint density at radius 2 is 2.00 bits per heavy atom. The molecular formula is C12H15ClN4. The van der Waals surface area contributed by atoms with Gasteiger partial charge in [0.1, 0.15) is 5.82 Å². The molecule has 1 fully saturated rings. The van der Waals surface area contributed by atoms with Crippen LogP contribution < -0.4 is 0 Å². The Morgan fingerprint density at radius 1 is 1.24 bits per heavy atom. The van der Waals surface area contributed by atoms with Crippen molar-refractivity contribution >= 4 is 17.2 Å². The first-order valence-corrected chi connectivity index (χ1v) is 6.30. The first-order valence-electron chi connectivity index (χ1n) is 5.93. The zero-order chi connectivity index (χ0) is 11.8. The molecule has 0 radical (unpaired) electrons. The molecule has 0 atom stereocenters. The van der Waals surface area contributed by atoms with Crippen molar-refractivity contribution in [3.8, 4) is 0 Å². The van der Waals surface area contributed by atoms with E-state index in [-0.39, 0.29) is 0 Å². The smallest absolute Gasteiger partial charge is 0.160 e. The number of nitrogens with zero attached hydrogens (tertiary/aromatic N) is 4. The molecule has 0 spiro atoms. The standard InChI is InChI=1S/C12H15ClN4/c1-16-6-4-9(5-7-16)12-15-14-11-3-2-10(13)8-17(11)12/h2-3,8-9H,4-7H2,1H3. The van der Waals surface area contributed by atoms with Crippen molar-refractivity contribution in [2.75, 3.05) is 20.1 Å². The molecule has 0 amide bonds. The van der Waals surface area contributed by atoms with Gasteiger partial charge in [0.25, 0.3) is 0 Å².